The van der Waals surface area contributed by atoms with Crippen molar-refractivity contribution in [3.05, 3.63) is 176 Å². The summed E-state index contributed by atoms with van der Waals surface area (Å²) in [6.45, 7) is 0. The molecule has 0 amide bonds. The first-order chi connectivity index (χ1) is 25.3. The SMILES string of the molecule is c1cc(-c2c3ccccc3c(-c3ccc4ccccc4c3)c3ccccc23)cc(-c2nc3ccccc3c3ccc4c5ccccc5oc4c23)c1. The molecule has 0 aliphatic carbocycles. The normalized spacial score (nSPS) is 11.9. The minimum atomic E-state index is 0.878. The molecule has 9 aromatic carbocycles. The van der Waals surface area contributed by atoms with Crippen LogP contribution in [0.1, 0.15) is 0 Å². The molecular weight excluding hydrogens is 619 g/mol. The van der Waals surface area contributed by atoms with Crippen LogP contribution in [0.3, 0.4) is 0 Å². The van der Waals surface area contributed by atoms with Crippen LogP contribution >= 0.6 is 0 Å². The minimum Gasteiger partial charge on any atom is -0.455 e. The summed E-state index contributed by atoms with van der Waals surface area (Å²) in [6, 6.07) is 63.3. The first kappa shape index (κ1) is 28.1. The lowest BCUT2D eigenvalue weighted by molar-refractivity contribution is 0.672. The van der Waals surface area contributed by atoms with Gasteiger partial charge in [-0.05, 0) is 90.3 Å². The number of furan rings is 1. The highest BCUT2D eigenvalue weighted by Gasteiger charge is 2.20. The number of para-hydroxylation sites is 2. The molecule has 2 heteroatoms. The molecule has 0 aliphatic rings. The van der Waals surface area contributed by atoms with Crippen molar-refractivity contribution in [2.75, 3.05) is 0 Å². The van der Waals surface area contributed by atoms with Crippen LogP contribution in [-0.2, 0) is 0 Å². The summed E-state index contributed by atoms with van der Waals surface area (Å²) in [6.07, 6.45) is 0. The molecule has 0 N–H and O–H groups in total. The van der Waals surface area contributed by atoms with E-state index in [2.05, 4.69) is 164 Å². The third-order valence-corrected chi connectivity index (χ3v) is 10.6. The van der Waals surface area contributed by atoms with Crippen molar-refractivity contribution in [3.8, 4) is 33.5 Å². The van der Waals surface area contributed by atoms with Crippen LogP contribution < -0.4 is 0 Å². The Balaban J connectivity index is 1.20. The Morgan fingerprint density at radius 3 is 1.67 bits per heavy atom. The van der Waals surface area contributed by atoms with Crippen LogP contribution in [0.2, 0.25) is 0 Å². The molecule has 0 bridgehead atoms. The molecule has 2 aromatic heterocycles. The first-order valence-corrected chi connectivity index (χ1v) is 17.5. The predicted octanol–water partition coefficient (Wildman–Crippen LogP) is 13.7. The van der Waals surface area contributed by atoms with Gasteiger partial charge in [-0.15, -0.1) is 0 Å². The molecule has 11 rings (SSSR count). The van der Waals surface area contributed by atoms with Gasteiger partial charge in [-0.25, -0.2) is 4.98 Å². The summed E-state index contributed by atoms with van der Waals surface area (Å²) in [5.41, 5.74) is 9.59. The van der Waals surface area contributed by atoms with Crippen molar-refractivity contribution in [2.24, 2.45) is 0 Å². The molecule has 0 atom stereocenters. The number of nitrogens with zero attached hydrogens (tertiary/aromatic N) is 1. The zero-order valence-corrected chi connectivity index (χ0v) is 27.6. The van der Waals surface area contributed by atoms with E-state index in [1.54, 1.807) is 0 Å². The Hall–Kier alpha value is -6.77. The molecule has 0 aliphatic heterocycles. The molecule has 2 heterocycles. The van der Waals surface area contributed by atoms with Gasteiger partial charge >= 0.3 is 0 Å². The van der Waals surface area contributed by atoms with Crippen molar-refractivity contribution < 1.29 is 4.42 Å². The molecule has 51 heavy (non-hydrogen) atoms. The van der Waals surface area contributed by atoms with Gasteiger partial charge in [0.1, 0.15) is 11.2 Å². The molecule has 0 fully saturated rings. The van der Waals surface area contributed by atoms with Crippen LogP contribution in [0, 0.1) is 0 Å². The topological polar surface area (TPSA) is 26.0 Å². The van der Waals surface area contributed by atoms with E-state index in [9.17, 15) is 0 Å². The van der Waals surface area contributed by atoms with Crippen molar-refractivity contribution in [1.82, 2.24) is 4.98 Å². The highest BCUT2D eigenvalue weighted by Crippen LogP contribution is 2.46. The molecule has 236 valence electrons. The van der Waals surface area contributed by atoms with E-state index in [0.29, 0.717) is 0 Å². The van der Waals surface area contributed by atoms with Crippen molar-refractivity contribution in [3.63, 3.8) is 0 Å². The van der Waals surface area contributed by atoms with Gasteiger partial charge in [-0.2, -0.15) is 0 Å². The van der Waals surface area contributed by atoms with Crippen LogP contribution in [0.25, 0.3) is 109 Å². The fourth-order valence-corrected chi connectivity index (χ4v) is 8.35. The Kier molecular flexibility index (Phi) is 5.99. The average Bonchev–Trinajstić information content (AvgIpc) is 3.58. The van der Waals surface area contributed by atoms with Gasteiger partial charge in [0.25, 0.3) is 0 Å². The minimum absolute atomic E-state index is 0.878. The third-order valence-electron chi connectivity index (χ3n) is 10.6. The molecule has 0 saturated carbocycles. The van der Waals surface area contributed by atoms with E-state index in [0.717, 1.165) is 60.4 Å². The Bertz CT molecular complexity index is 3150. The summed E-state index contributed by atoms with van der Waals surface area (Å²) in [4.78, 5) is 5.37. The maximum atomic E-state index is 6.65. The van der Waals surface area contributed by atoms with Crippen molar-refractivity contribution in [2.45, 2.75) is 0 Å². The quantitative estimate of drug-likeness (QED) is 0.141. The number of benzene rings is 9. The lowest BCUT2D eigenvalue weighted by Crippen LogP contribution is -1.93. The van der Waals surface area contributed by atoms with E-state index in [1.807, 2.05) is 12.1 Å². The highest BCUT2D eigenvalue weighted by molar-refractivity contribution is 6.25. The summed E-state index contributed by atoms with van der Waals surface area (Å²) in [5, 5.41) is 13.0. The standard InChI is InChI=1S/C49H29NO/c1-2-13-31-28-33(25-24-30(31)12-1)46-39-20-5-3-18-37(39)45(38-19-4-6-21-40(38)46)32-14-11-15-34(29-32)48-47-41(35-16-7-9-22-43(35)50-48)26-27-42-36-17-8-10-23-44(36)51-49(42)47/h1-29H. The van der Waals surface area contributed by atoms with E-state index in [-0.39, 0.29) is 0 Å². The largest absolute Gasteiger partial charge is 0.455 e. The second-order valence-electron chi connectivity index (χ2n) is 13.4. The summed E-state index contributed by atoms with van der Waals surface area (Å²) < 4.78 is 6.65. The zero-order valence-electron chi connectivity index (χ0n) is 27.6. The van der Waals surface area contributed by atoms with Crippen LogP contribution in [0.4, 0.5) is 0 Å². The van der Waals surface area contributed by atoms with Crippen LogP contribution in [0.15, 0.2) is 180 Å². The zero-order chi connectivity index (χ0) is 33.5. The molecule has 0 spiro atoms. The second kappa shape index (κ2) is 10.9. The lowest BCUT2D eigenvalue weighted by Gasteiger charge is -2.18. The number of hydrogen-bond acceptors (Lipinski definition) is 2. The van der Waals surface area contributed by atoms with Crippen LogP contribution in [-0.4, -0.2) is 4.98 Å². The molecule has 11 aromatic rings. The smallest absolute Gasteiger partial charge is 0.145 e. The molecule has 0 radical (unpaired) electrons. The van der Waals surface area contributed by atoms with Gasteiger partial charge in [0.05, 0.1) is 16.6 Å². The van der Waals surface area contributed by atoms with Gasteiger partial charge in [0.2, 0.25) is 0 Å². The average molecular weight is 648 g/mol. The number of fused-ring (bicyclic) bond motifs is 10. The van der Waals surface area contributed by atoms with E-state index in [1.165, 1.54) is 49.0 Å². The van der Waals surface area contributed by atoms with E-state index in [4.69, 9.17) is 9.40 Å². The third kappa shape index (κ3) is 4.20. The van der Waals surface area contributed by atoms with Crippen LogP contribution in [0.5, 0.6) is 0 Å². The number of rotatable bonds is 3. The molecule has 2 nitrogen and oxygen atoms in total. The van der Waals surface area contributed by atoms with Gasteiger partial charge in [0, 0.05) is 21.7 Å². The summed E-state index contributed by atoms with van der Waals surface area (Å²) >= 11 is 0. The van der Waals surface area contributed by atoms with Gasteiger partial charge in [-0.1, -0.05) is 146 Å². The maximum Gasteiger partial charge on any atom is 0.145 e. The lowest BCUT2D eigenvalue weighted by atomic mass is 9.85. The molecule has 0 unspecified atom stereocenters. The monoisotopic (exact) mass is 647 g/mol. The summed E-state index contributed by atoms with van der Waals surface area (Å²) in [7, 11) is 0. The van der Waals surface area contributed by atoms with Gasteiger partial charge in [0.15, 0.2) is 0 Å². The van der Waals surface area contributed by atoms with Crippen molar-refractivity contribution in [1.29, 1.82) is 0 Å². The summed E-state index contributed by atoms with van der Waals surface area (Å²) in [5.74, 6) is 0. The van der Waals surface area contributed by atoms with Gasteiger partial charge in [-0.3, -0.25) is 0 Å². The highest BCUT2D eigenvalue weighted by atomic mass is 16.3. The first-order valence-electron chi connectivity index (χ1n) is 17.5. The Morgan fingerprint density at radius 2 is 0.922 bits per heavy atom. The second-order valence-corrected chi connectivity index (χ2v) is 13.4. The van der Waals surface area contributed by atoms with Gasteiger partial charge < -0.3 is 4.42 Å². The maximum absolute atomic E-state index is 6.65. The Labute approximate surface area is 293 Å². The number of pyridine rings is 1. The van der Waals surface area contributed by atoms with E-state index < -0.39 is 0 Å². The van der Waals surface area contributed by atoms with E-state index >= 15 is 0 Å². The molecule has 0 saturated heterocycles. The fraction of sp³-hybridized carbons (Fsp3) is 0. The fourth-order valence-electron chi connectivity index (χ4n) is 8.35. The van der Waals surface area contributed by atoms with Crippen molar-refractivity contribution >= 4 is 75.9 Å². The Morgan fingerprint density at radius 1 is 0.353 bits per heavy atom. The number of hydrogen-bond donors (Lipinski definition) is 0. The number of aromatic nitrogens is 1. The predicted molar refractivity (Wildman–Crippen MR) is 215 cm³/mol. The molecular formula is C49H29NO.